The molecule has 3 aromatic heterocycles. The number of hydrogen-bond donors (Lipinski definition) is 0. The van der Waals surface area contributed by atoms with Crippen molar-refractivity contribution in [3.05, 3.63) is 364 Å². The molecule has 0 aliphatic rings. The maximum atomic E-state index is 5.98. The fourth-order valence-electron chi connectivity index (χ4n) is 14.4. The third-order valence-electron chi connectivity index (χ3n) is 19.1. The van der Waals surface area contributed by atoms with Crippen molar-refractivity contribution >= 4 is 54.6 Å². The molecule has 4 heteroatoms. The highest BCUT2D eigenvalue weighted by molar-refractivity contribution is 6.13. The summed E-state index contributed by atoms with van der Waals surface area (Å²) in [6.07, 6.45) is 0. The van der Waals surface area contributed by atoms with E-state index in [0.29, 0.717) is 0 Å². The zero-order valence-corrected chi connectivity index (χ0v) is 52.4. The van der Waals surface area contributed by atoms with E-state index in [4.69, 9.17) is 9.97 Å². The van der Waals surface area contributed by atoms with Crippen LogP contribution in [0.2, 0.25) is 0 Å². The van der Waals surface area contributed by atoms with E-state index >= 15 is 0 Å². The molecule has 0 bridgehead atoms. The lowest BCUT2D eigenvalue weighted by atomic mass is 9.93. The summed E-state index contributed by atoms with van der Waals surface area (Å²) in [5.74, 6) is 0. The van der Waals surface area contributed by atoms with Gasteiger partial charge >= 0.3 is 0 Å². The fraction of sp³-hybridized carbons (Fsp3) is 0. The first-order valence-electron chi connectivity index (χ1n) is 32.8. The van der Waals surface area contributed by atoms with E-state index in [1.807, 2.05) is 0 Å². The van der Waals surface area contributed by atoms with Gasteiger partial charge in [-0.05, 0) is 163 Å². The summed E-state index contributed by atoms with van der Waals surface area (Å²) in [5, 5.41) is 4.79. The van der Waals surface area contributed by atoms with Crippen molar-refractivity contribution < 1.29 is 0 Å². The van der Waals surface area contributed by atoms with Gasteiger partial charge in [-0.25, -0.2) is 9.97 Å². The van der Waals surface area contributed by atoms with Crippen LogP contribution in [-0.4, -0.2) is 19.1 Å². The molecule has 0 aliphatic heterocycles. The summed E-state index contributed by atoms with van der Waals surface area (Å²) < 4.78 is 4.83. The molecule has 0 unspecified atom stereocenters. The van der Waals surface area contributed by atoms with Crippen molar-refractivity contribution in [3.8, 4) is 123 Å². The predicted molar refractivity (Wildman–Crippen MR) is 403 cm³/mol. The highest BCUT2D eigenvalue weighted by atomic mass is 15.0. The molecule has 18 rings (SSSR count). The van der Waals surface area contributed by atoms with Crippen LogP contribution in [-0.2, 0) is 0 Å². The van der Waals surface area contributed by atoms with Crippen molar-refractivity contribution in [2.75, 3.05) is 0 Å². The van der Waals surface area contributed by atoms with Gasteiger partial charge in [0, 0.05) is 55.2 Å². The third-order valence-corrected chi connectivity index (χ3v) is 19.1. The minimum atomic E-state index is 0.790. The normalized spacial score (nSPS) is 11.5. The van der Waals surface area contributed by atoms with Crippen molar-refractivity contribution in [3.63, 3.8) is 0 Å². The van der Waals surface area contributed by atoms with Gasteiger partial charge < -0.3 is 9.13 Å². The van der Waals surface area contributed by atoms with Crippen LogP contribution in [0.25, 0.3) is 178 Å². The average Bonchev–Trinajstić information content (AvgIpc) is 1.51. The monoisotopic (exact) mass is 1220 g/mol. The van der Waals surface area contributed by atoms with Gasteiger partial charge in [0.25, 0.3) is 0 Å². The number of benzene rings is 15. The van der Waals surface area contributed by atoms with E-state index in [-0.39, 0.29) is 0 Å². The minimum absolute atomic E-state index is 0.790. The van der Waals surface area contributed by atoms with Gasteiger partial charge in [-0.3, -0.25) is 0 Å². The van der Waals surface area contributed by atoms with Crippen molar-refractivity contribution in [2.24, 2.45) is 0 Å². The molecular weight excluding hydrogens is 1160 g/mol. The summed E-state index contributed by atoms with van der Waals surface area (Å²) in [7, 11) is 0. The summed E-state index contributed by atoms with van der Waals surface area (Å²) >= 11 is 0. The summed E-state index contributed by atoms with van der Waals surface area (Å²) in [6.45, 7) is 0. The Morgan fingerprint density at radius 1 is 0.167 bits per heavy atom. The summed E-state index contributed by atoms with van der Waals surface area (Å²) in [4.78, 5) is 12.0. The van der Waals surface area contributed by atoms with Crippen LogP contribution in [0.5, 0.6) is 0 Å². The second-order valence-corrected chi connectivity index (χ2v) is 24.8. The molecule has 0 N–H and O–H groups in total. The van der Waals surface area contributed by atoms with E-state index < -0.39 is 0 Å². The lowest BCUT2D eigenvalue weighted by molar-refractivity contribution is 1.18. The maximum absolute atomic E-state index is 5.98. The number of aromatic nitrogens is 4. The van der Waals surface area contributed by atoms with Crippen LogP contribution in [0.1, 0.15) is 0 Å². The molecular formula is C92H60N4. The Morgan fingerprint density at radius 2 is 0.396 bits per heavy atom. The molecule has 96 heavy (non-hydrogen) atoms. The van der Waals surface area contributed by atoms with Gasteiger partial charge in [0.1, 0.15) is 0 Å². The van der Waals surface area contributed by atoms with Gasteiger partial charge in [0.2, 0.25) is 0 Å². The van der Waals surface area contributed by atoms with E-state index in [1.165, 1.54) is 66.1 Å². The van der Waals surface area contributed by atoms with E-state index in [0.717, 1.165) is 111 Å². The van der Waals surface area contributed by atoms with Crippen LogP contribution in [0.3, 0.4) is 0 Å². The smallest absolute Gasteiger partial charge is 0.0979 e. The Hall–Kier alpha value is -12.8. The number of hydrogen-bond acceptors (Lipinski definition) is 2. The lowest BCUT2D eigenvalue weighted by Crippen LogP contribution is -2.00. The predicted octanol–water partition coefficient (Wildman–Crippen LogP) is 24.5. The highest BCUT2D eigenvalue weighted by Gasteiger charge is 2.23. The molecule has 18 aromatic rings. The topological polar surface area (TPSA) is 35.6 Å². The van der Waals surface area contributed by atoms with Crippen molar-refractivity contribution in [1.29, 1.82) is 0 Å². The average molecular weight is 1220 g/mol. The lowest BCUT2D eigenvalue weighted by Gasteiger charge is -2.17. The fourth-order valence-corrected chi connectivity index (χ4v) is 14.4. The molecule has 0 saturated heterocycles. The van der Waals surface area contributed by atoms with Gasteiger partial charge in [-0.1, -0.05) is 279 Å². The highest BCUT2D eigenvalue weighted by Crippen LogP contribution is 2.44. The standard InChI is InChI=1S/C92H60N4/c1-7-21-61(22-8-1)69-33-19-35-75(55-69)79-49-50-80(76-36-20-34-70(56-76)62-23-9-2-10-24-62)92-91(79)93-89(67-37-45-77(46-38-67)95-85-51-41-71(63-25-11-3-12-26-63)57-81(85)82-58-72(42-52-86(82)95)64-27-13-4-14-28-64)90(94-92)68-39-47-78(48-40-68)96-87-53-43-73(65-29-15-5-16-30-65)59-83(87)84-60-74(44-54-88(84)96)66-31-17-6-18-32-66/h1-60H. The van der Waals surface area contributed by atoms with Crippen LogP contribution < -0.4 is 0 Å². The maximum Gasteiger partial charge on any atom is 0.0979 e. The van der Waals surface area contributed by atoms with Crippen LogP contribution in [0.4, 0.5) is 0 Å². The Balaban J connectivity index is 0.841. The molecule has 0 amide bonds. The zero-order chi connectivity index (χ0) is 63.5. The quantitative estimate of drug-likeness (QED) is 0.122. The molecule has 0 atom stereocenters. The Kier molecular flexibility index (Phi) is 13.8. The molecule has 0 fully saturated rings. The Bertz CT molecular complexity index is 5380. The molecule has 0 aliphatic carbocycles. The van der Waals surface area contributed by atoms with Gasteiger partial charge in [-0.2, -0.15) is 0 Å². The van der Waals surface area contributed by atoms with Crippen LogP contribution >= 0.6 is 0 Å². The number of fused-ring (bicyclic) bond motifs is 7. The van der Waals surface area contributed by atoms with Crippen molar-refractivity contribution in [2.45, 2.75) is 0 Å². The van der Waals surface area contributed by atoms with Gasteiger partial charge in [0.05, 0.1) is 44.5 Å². The SMILES string of the molecule is c1ccc(-c2cccc(-c3ccc(-c4cccc(-c5ccccc5)c4)c4nc(-c5ccc(-n6c7ccc(-c8ccccc8)cc7c7cc(-c8ccccc8)ccc76)cc5)c(-c5ccc(-n6c7ccc(-c8ccccc8)cc7c7cc(-c8ccccc8)ccc76)cc5)nc34)c2)cc1. The summed E-state index contributed by atoms with van der Waals surface area (Å²) in [6, 6.07) is 132. The zero-order valence-electron chi connectivity index (χ0n) is 52.4. The van der Waals surface area contributed by atoms with Gasteiger partial charge in [-0.15, -0.1) is 0 Å². The number of nitrogens with zero attached hydrogens (tertiary/aromatic N) is 4. The first kappa shape index (κ1) is 56.0. The first-order valence-corrected chi connectivity index (χ1v) is 32.8. The van der Waals surface area contributed by atoms with E-state index in [1.54, 1.807) is 0 Å². The summed E-state index contributed by atoms with van der Waals surface area (Å²) in [5.41, 5.74) is 30.0. The Morgan fingerprint density at radius 3 is 0.667 bits per heavy atom. The van der Waals surface area contributed by atoms with Gasteiger partial charge in [0.15, 0.2) is 0 Å². The largest absolute Gasteiger partial charge is 0.309 e. The second kappa shape index (κ2) is 23.7. The van der Waals surface area contributed by atoms with Crippen molar-refractivity contribution in [1.82, 2.24) is 19.1 Å². The molecule has 0 radical (unpaired) electrons. The third kappa shape index (κ3) is 10.0. The minimum Gasteiger partial charge on any atom is -0.309 e. The first-order chi connectivity index (χ1) is 47.6. The Labute approximate surface area is 557 Å². The molecule has 0 spiro atoms. The van der Waals surface area contributed by atoms with E-state index in [2.05, 4.69) is 373 Å². The second-order valence-electron chi connectivity index (χ2n) is 24.8. The van der Waals surface area contributed by atoms with Crippen LogP contribution in [0, 0.1) is 0 Å². The molecule has 3 heterocycles. The number of rotatable bonds is 12. The molecule has 15 aromatic carbocycles. The molecule has 4 nitrogen and oxygen atoms in total. The van der Waals surface area contributed by atoms with E-state index in [9.17, 15) is 0 Å². The molecule has 448 valence electrons. The molecule has 0 saturated carbocycles. The van der Waals surface area contributed by atoms with Crippen LogP contribution in [0.15, 0.2) is 364 Å².